The van der Waals surface area contributed by atoms with E-state index in [9.17, 15) is 19.5 Å². The molecule has 61 heavy (non-hydrogen) atoms. The molecule has 0 saturated carbocycles. The van der Waals surface area contributed by atoms with Crippen molar-refractivity contribution in [2.24, 2.45) is 13.0 Å². The summed E-state index contributed by atoms with van der Waals surface area (Å²) in [5, 5.41) is 22.2. The standard InChI is InChI=1S/C44H51N13O4/c1-5-18-56-41(59)34-27-45-42(49-39(34)57(56)37-8-6-7-36(47-37)44(2,3)61)46-30-9-11-31(12-10-30)54-24-22-52(23-25-54)28-29-15-19-53(20-16-29)32-13-14-33-35(26-32)51(4)50-40(33)55-21-17-38(58)48-43(55)60/h5-14,26-27,29,61H,1,15-25,28H2,2-4H3,(H,45,46,49)(H,48,58,60). The van der Waals surface area contributed by atoms with E-state index in [0.29, 0.717) is 46.8 Å². The summed E-state index contributed by atoms with van der Waals surface area (Å²) in [6.45, 7) is 14.7. The lowest BCUT2D eigenvalue weighted by Crippen LogP contribution is -2.49. The topological polar surface area (TPSA) is 175 Å². The molecule has 0 radical (unpaired) electrons. The molecule has 3 N–H and O–H groups in total. The highest BCUT2D eigenvalue weighted by molar-refractivity contribution is 6.09. The van der Waals surface area contributed by atoms with Gasteiger partial charge in [0, 0.05) is 94.5 Å². The van der Waals surface area contributed by atoms with E-state index in [2.05, 4.69) is 71.2 Å². The highest BCUT2D eigenvalue weighted by atomic mass is 16.3. The van der Waals surface area contributed by atoms with Crippen LogP contribution in [0.5, 0.6) is 0 Å². The molecule has 0 unspecified atom stereocenters. The Morgan fingerprint density at radius 3 is 2.36 bits per heavy atom. The first-order chi connectivity index (χ1) is 29.4. The van der Waals surface area contributed by atoms with Gasteiger partial charge in [0.2, 0.25) is 11.9 Å². The number of allylic oxidation sites excluding steroid dienone is 1. The molecule has 316 valence electrons. The summed E-state index contributed by atoms with van der Waals surface area (Å²) in [6, 6.07) is 19.5. The van der Waals surface area contributed by atoms with Crippen molar-refractivity contribution in [2.75, 3.05) is 72.4 Å². The average Bonchev–Trinajstić information content (AvgIpc) is 3.73. The Balaban J connectivity index is 0.790. The van der Waals surface area contributed by atoms with Crippen molar-refractivity contribution in [3.05, 3.63) is 95.6 Å². The number of aromatic nitrogens is 7. The third kappa shape index (κ3) is 7.93. The molecular weight excluding hydrogens is 775 g/mol. The molecule has 0 atom stereocenters. The number of fused-ring (bicyclic) bond motifs is 2. The average molecular weight is 826 g/mol. The fourth-order valence-corrected chi connectivity index (χ4v) is 8.69. The second-order valence-corrected chi connectivity index (χ2v) is 16.7. The van der Waals surface area contributed by atoms with E-state index < -0.39 is 11.6 Å². The third-order valence-electron chi connectivity index (χ3n) is 12.0. The number of amides is 3. The van der Waals surface area contributed by atoms with Crippen LogP contribution in [0.2, 0.25) is 0 Å². The summed E-state index contributed by atoms with van der Waals surface area (Å²) in [5.74, 6) is 1.77. The van der Waals surface area contributed by atoms with Gasteiger partial charge in [-0.1, -0.05) is 12.1 Å². The van der Waals surface area contributed by atoms with Gasteiger partial charge in [0.1, 0.15) is 11.0 Å². The number of nitrogens with one attached hydrogen (secondary N) is 2. The molecular formula is C44H51N13O4. The van der Waals surface area contributed by atoms with Gasteiger partial charge < -0.3 is 20.2 Å². The molecule has 17 heteroatoms. The number of aliphatic hydroxyl groups is 1. The Kier molecular flexibility index (Phi) is 10.5. The van der Waals surface area contributed by atoms with Gasteiger partial charge in [-0.15, -0.1) is 6.58 Å². The van der Waals surface area contributed by atoms with Gasteiger partial charge in [0.05, 0.1) is 17.8 Å². The highest BCUT2D eigenvalue weighted by Crippen LogP contribution is 2.33. The molecule has 9 rings (SSSR count). The smallest absolute Gasteiger partial charge is 0.329 e. The van der Waals surface area contributed by atoms with E-state index in [1.54, 1.807) is 47.7 Å². The van der Waals surface area contributed by atoms with E-state index in [4.69, 9.17) is 4.98 Å². The Labute approximate surface area is 352 Å². The van der Waals surface area contributed by atoms with Crippen molar-refractivity contribution in [2.45, 2.75) is 45.3 Å². The lowest BCUT2D eigenvalue weighted by molar-refractivity contribution is -0.120. The number of urea groups is 1. The van der Waals surface area contributed by atoms with Gasteiger partial charge in [-0.3, -0.25) is 29.4 Å². The van der Waals surface area contributed by atoms with Crippen LogP contribution in [-0.4, -0.2) is 108 Å². The van der Waals surface area contributed by atoms with Crippen LogP contribution in [0.1, 0.15) is 38.8 Å². The minimum atomic E-state index is -1.17. The van der Waals surface area contributed by atoms with Crippen molar-refractivity contribution in [1.82, 2.24) is 44.3 Å². The number of carbonyl (C=O) groups is 2. The monoisotopic (exact) mass is 825 g/mol. The molecule has 3 aliphatic heterocycles. The maximum atomic E-state index is 13.4. The molecule has 3 amide bonds. The van der Waals surface area contributed by atoms with Gasteiger partial charge in [-0.2, -0.15) is 10.1 Å². The minimum absolute atomic E-state index is 0.241. The number of aryl methyl sites for hydroxylation is 1. The number of rotatable bonds is 11. The van der Waals surface area contributed by atoms with Crippen molar-refractivity contribution >= 4 is 62.7 Å². The van der Waals surface area contributed by atoms with Gasteiger partial charge in [-0.25, -0.2) is 24.1 Å². The molecule has 2 aromatic carbocycles. The SMILES string of the molecule is C=CCn1c(=O)c2cnc(Nc3ccc(N4CCN(CC5CCN(c6ccc7c(N8CCC(=O)NC8=O)nn(C)c7c6)CC5)CC4)cc3)nc2n1-c1cccc(C(C)(C)O)n1. The fourth-order valence-electron chi connectivity index (χ4n) is 8.69. The molecule has 17 nitrogen and oxygen atoms in total. The number of hydrogen-bond donors (Lipinski definition) is 3. The summed E-state index contributed by atoms with van der Waals surface area (Å²) >= 11 is 0. The molecule has 7 heterocycles. The number of nitrogens with zero attached hydrogens (tertiary/aromatic N) is 11. The maximum Gasteiger partial charge on any atom is 0.329 e. The molecule has 0 spiro atoms. The Bertz CT molecular complexity index is 2680. The van der Waals surface area contributed by atoms with Crippen LogP contribution in [0, 0.1) is 5.92 Å². The Hall–Kier alpha value is -6.59. The highest BCUT2D eigenvalue weighted by Gasteiger charge is 2.29. The van der Waals surface area contributed by atoms with Crippen molar-refractivity contribution < 1.29 is 14.7 Å². The molecule has 3 aliphatic rings. The predicted molar refractivity (Wildman–Crippen MR) is 236 cm³/mol. The first kappa shape index (κ1) is 39.8. The molecule has 4 aromatic heterocycles. The summed E-state index contributed by atoms with van der Waals surface area (Å²) in [4.78, 5) is 60.5. The zero-order valence-electron chi connectivity index (χ0n) is 34.8. The number of hydrogen-bond acceptors (Lipinski definition) is 12. The lowest BCUT2D eigenvalue weighted by Gasteiger charge is -2.40. The van der Waals surface area contributed by atoms with Gasteiger partial charge in [-0.05, 0) is 87.2 Å². The number of piperidine rings is 1. The summed E-state index contributed by atoms with van der Waals surface area (Å²) in [6.07, 6.45) is 5.70. The van der Waals surface area contributed by atoms with Gasteiger partial charge in [0.25, 0.3) is 5.56 Å². The predicted octanol–water partition coefficient (Wildman–Crippen LogP) is 4.51. The first-order valence-corrected chi connectivity index (χ1v) is 20.9. The zero-order valence-corrected chi connectivity index (χ0v) is 34.8. The van der Waals surface area contributed by atoms with Crippen LogP contribution in [0.15, 0.2) is 84.3 Å². The summed E-state index contributed by atoms with van der Waals surface area (Å²) in [7, 11) is 1.89. The second kappa shape index (κ2) is 16.1. The van der Waals surface area contributed by atoms with Crippen LogP contribution in [-0.2, 0) is 24.0 Å². The maximum absolute atomic E-state index is 13.4. The zero-order chi connectivity index (χ0) is 42.4. The largest absolute Gasteiger partial charge is 0.384 e. The van der Waals surface area contributed by atoms with Gasteiger partial charge >= 0.3 is 6.03 Å². The number of carbonyl (C=O) groups excluding carboxylic acids is 2. The summed E-state index contributed by atoms with van der Waals surface area (Å²) in [5.41, 5.74) is 3.55. The van der Waals surface area contributed by atoms with Crippen LogP contribution in [0.3, 0.4) is 0 Å². The van der Waals surface area contributed by atoms with Crippen LogP contribution < -0.4 is 30.9 Å². The number of imide groups is 1. The minimum Gasteiger partial charge on any atom is -0.384 e. The third-order valence-corrected chi connectivity index (χ3v) is 12.0. The number of piperazine rings is 1. The quantitative estimate of drug-likeness (QED) is 0.156. The first-order valence-electron chi connectivity index (χ1n) is 20.9. The van der Waals surface area contributed by atoms with Crippen molar-refractivity contribution in [3.8, 4) is 5.82 Å². The van der Waals surface area contributed by atoms with Gasteiger partial charge in [0.15, 0.2) is 17.3 Å². The molecule has 3 fully saturated rings. The molecule has 3 saturated heterocycles. The second-order valence-electron chi connectivity index (χ2n) is 16.7. The molecule has 0 bridgehead atoms. The van der Waals surface area contributed by atoms with E-state index in [1.807, 2.05) is 29.9 Å². The number of pyridine rings is 1. The lowest BCUT2D eigenvalue weighted by atomic mass is 9.95. The van der Waals surface area contributed by atoms with Crippen LogP contribution >= 0.6 is 0 Å². The summed E-state index contributed by atoms with van der Waals surface area (Å²) < 4.78 is 4.98. The van der Waals surface area contributed by atoms with Crippen LogP contribution in [0.25, 0.3) is 27.8 Å². The van der Waals surface area contributed by atoms with E-state index in [0.717, 1.165) is 86.6 Å². The van der Waals surface area contributed by atoms with E-state index in [1.165, 1.54) is 10.9 Å². The fraction of sp³-hybridized carbons (Fsp3) is 0.386. The Morgan fingerprint density at radius 2 is 1.64 bits per heavy atom. The number of benzene rings is 2. The van der Waals surface area contributed by atoms with Crippen molar-refractivity contribution in [3.63, 3.8) is 0 Å². The molecule has 0 aliphatic carbocycles. The van der Waals surface area contributed by atoms with Crippen LogP contribution in [0.4, 0.5) is 33.6 Å². The Morgan fingerprint density at radius 1 is 0.902 bits per heavy atom. The van der Waals surface area contributed by atoms with Crippen molar-refractivity contribution in [1.29, 1.82) is 0 Å². The van der Waals surface area contributed by atoms with E-state index in [-0.39, 0.29) is 24.4 Å². The normalized spacial score (nSPS) is 17.1. The van der Waals surface area contributed by atoms with E-state index >= 15 is 0 Å². The molecule has 6 aromatic rings. The number of anilines is 5.